The van der Waals surface area contributed by atoms with E-state index in [1.54, 1.807) is 6.07 Å². The lowest BCUT2D eigenvalue weighted by Crippen LogP contribution is -2.22. The van der Waals surface area contributed by atoms with Gasteiger partial charge in [0.15, 0.2) is 0 Å². The molecule has 3 N–H and O–H groups in total. The van der Waals surface area contributed by atoms with E-state index in [2.05, 4.69) is 28.6 Å². The maximum absolute atomic E-state index is 11.0. The number of thiol groups is 1. The Bertz CT molecular complexity index is 396. The first kappa shape index (κ1) is 13.5. The SMILES string of the molecule is O=C(O)c1cc(Br)ccc1C(O)C(O)CS. The quantitative estimate of drug-likeness (QED) is 0.635. The van der Waals surface area contributed by atoms with Crippen molar-refractivity contribution < 1.29 is 20.1 Å². The molecule has 2 atom stereocenters. The van der Waals surface area contributed by atoms with Crippen molar-refractivity contribution in [3.8, 4) is 0 Å². The molecule has 0 heterocycles. The van der Waals surface area contributed by atoms with Crippen LogP contribution in [-0.2, 0) is 0 Å². The van der Waals surface area contributed by atoms with Gasteiger partial charge in [-0.2, -0.15) is 12.6 Å². The third-order valence-electron chi connectivity index (χ3n) is 2.12. The van der Waals surface area contributed by atoms with E-state index in [4.69, 9.17) is 5.11 Å². The molecule has 88 valence electrons. The smallest absolute Gasteiger partial charge is 0.336 e. The largest absolute Gasteiger partial charge is 0.478 e. The van der Waals surface area contributed by atoms with E-state index in [0.29, 0.717) is 4.47 Å². The number of aromatic carboxylic acids is 1. The lowest BCUT2D eigenvalue weighted by atomic mass is 9.99. The van der Waals surface area contributed by atoms with Gasteiger partial charge in [0.25, 0.3) is 0 Å². The highest BCUT2D eigenvalue weighted by atomic mass is 79.9. The van der Waals surface area contributed by atoms with Crippen molar-refractivity contribution in [1.82, 2.24) is 0 Å². The normalized spacial score (nSPS) is 14.5. The summed E-state index contributed by atoms with van der Waals surface area (Å²) in [6.45, 7) is 0. The number of rotatable bonds is 4. The van der Waals surface area contributed by atoms with E-state index in [1.807, 2.05) is 0 Å². The Balaban J connectivity index is 3.17. The number of hydrogen-bond acceptors (Lipinski definition) is 4. The van der Waals surface area contributed by atoms with Gasteiger partial charge < -0.3 is 15.3 Å². The van der Waals surface area contributed by atoms with Crippen molar-refractivity contribution in [3.05, 3.63) is 33.8 Å². The Hall–Kier alpha value is -0.560. The molecule has 1 aromatic rings. The maximum Gasteiger partial charge on any atom is 0.336 e. The monoisotopic (exact) mass is 306 g/mol. The molecule has 0 fully saturated rings. The molecule has 1 rings (SSSR count). The van der Waals surface area contributed by atoms with Crippen molar-refractivity contribution in [2.45, 2.75) is 12.2 Å². The van der Waals surface area contributed by atoms with Gasteiger partial charge in [-0.3, -0.25) is 0 Å². The molecule has 2 unspecified atom stereocenters. The fourth-order valence-electron chi connectivity index (χ4n) is 1.28. The fourth-order valence-corrected chi connectivity index (χ4v) is 1.84. The van der Waals surface area contributed by atoms with Crippen LogP contribution in [0.2, 0.25) is 0 Å². The van der Waals surface area contributed by atoms with Crippen LogP contribution in [0.3, 0.4) is 0 Å². The maximum atomic E-state index is 11.0. The zero-order valence-electron chi connectivity index (χ0n) is 8.17. The van der Waals surface area contributed by atoms with Gasteiger partial charge in [-0.1, -0.05) is 22.0 Å². The second-order valence-corrected chi connectivity index (χ2v) is 4.51. The minimum Gasteiger partial charge on any atom is -0.478 e. The lowest BCUT2D eigenvalue weighted by Gasteiger charge is -2.18. The van der Waals surface area contributed by atoms with E-state index >= 15 is 0 Å². The van der Waals surface area contributed by atoms with Crippen LogP contribution in [0.25, 0.3) is 0 Å². The van der Waals surface area contributed by atoms with E-state index < -0.39 is 18.2 Å². The first-order chi connectivity index (χ1) is 7.47. The number of carboxylic acid groups (broad SMARTS) is 1. The van der Waals surface area contributed by atoms with E-state index in [-0.39, 0.29) is 16.9 Å². The number of hydrogen-bond donors (Lipinski definition) is 4. The van der Waals surface area contributed by atoms with E-state index in [0.717, 1.165) is 0 Å². The molecule has 0 radical (unpaired) electrons. The lowest BCUT2D eigenvalue weighted by molar-refractivity contribution is 0.0323. The van der Waals surface area contributed by atoms with Crippen LogP contribution in [0.15, 0.2) is 22.7 Å². The Morgan fingerprint density at radius 1 is 1.44 bits per heavy atom. The molecule has 1 aromatic carbocycles. The van der Waals surface area contributed by atoms with Crippen molar-refractivity contribution in [2.75, 3.05) is 5.75 Å². The highest BCUT2D eigenvalue weighted by molar-refractivity contribution is 9.10. The van der Waals surface area contributed by atoms with Crippen LogP contribution < -0.4 is 0 Å². The molecule has 0 aliphatic carbocycles. The Kier molecular flexibility index (Phi) is 4.79. The number of carbonyl (C=O) groups is 1. The van der Waals surface area contributed by atoms with Crippen molar-refractivity contribution >= 4 is 34.5 Å². The summed E-state index contributed by atoms with van der Waals surface area (Å²) >= 11 is 6.99. The molecule has 16 heavy (non-hydrogen) atoms. The van der Waals surface area contributed by atoms with Crippen molar-refractivity contribution in [2.24, 2.45) is 0 Å². The molecule has 6 heteroatoms. The van der Waals surface area contributed by atoms with Crippen molar-refractivity contribution in [3.63, 3.8) is 0 Å². The van der Waals surface area contributed by atoms with Gasteiger partial charge in [-0.25, -0.2) is 4.79 Å². The Labute approximate surface area is 106 Å². The molecule has 0 amide bonds. The van der Waals surface area contributed by atoms with Gasteiger partial charge in [-0.15, -0.1) is 0 Å². The molecule has 0 spiro atoms. The Morgan fingerprint density at radius 3 is 2.56 bits per heavy atom. The number of aliphatic hydroxyl groups excluding tert-OH is 2. The van der Waals surface area contributed by atoms with Gasteiger partial charge in [0.2, 0.25) is 0 Å². The minimum absolute atomic E-state index is 0.0392. The number of benzene rings is 1. The number of halogens is 1. The number of carboxylic acids is 1. The zero-order valence-corrected chi connectivity index (χ0v) is 10.6. The molecule has 0 aromatic heterocycles. The summed E-state index contributed by atoms with van der Waals surface area (Å²) in [6, 6.07) is 4.45. The zero-order chi connectivity index (χ0) is 12.3. The summed E-state index contributed by atoms with van der Waals surface area (Å²) in [5.41, 5.74) is 0.139. The van der Waals surface area contributed by atoms with Gasteiger partial charge in [-0.05, 0) is 17.7 Å². The molecular weight excluding hydrogens is 296 g/mol. The van der Waals surface area contributed by atoms with Gasteiger partial charge in [0.1, 0.15) is 6.10 Å². The molecule has 4 nitrogen and oxygen atoms in total. The molecule has 0 bridgehead atoms. The van der Waals surface area contributed by atoms with Gasteiger partial charge >= 0.3 is 5.97 Å². The highest BCUT2D eigenvalue weighted by Crippen LogP contribution is 2.25. The predicted octanol–water partition coefficient (Wildman–Crippen LogP) is 1.47. The first-order valence-corrected chi connectivity index (χ1v) is 5.89. The summed E-state index contributed by atoms with van der Waals surface area (Å²) in [5, 5.41) is 28.1. The van der Waals surface area contributed by atoms with Crippen LogP contribution >= 0.6 is 28.6 Å². The summed E-state index contributed by atoms with van der Waals surface area (Å²) in [5.74, 6) is -1.10. The average molecular weight is 307 g/mol. The minimum atomic E-state index is -1.25. The van der Waals surface area contributed by atoms with E-state index in [1.165, 1.54) is 12.1 Å². The summed E-state index contributed by atoms with van der Waals surface area (Å²) in [4.78, 5) is 11.0. The van der Waals surface area contributed by atoms with Crippen LogP contribution in [0.1, 0.15) is 22.0 Å². The van der Waals surface area contributed by atoms with Crippen molar-refractivity contribution in [1.29, 1.82) is 0 Å². The third-order valence-corrected chi connectivity index (χ3v) is 2.98. The molecule has 0 saturated carbocycles. The van der Waals surface area contributed by atoms with Crippen LogP contribution in [0.4, 0.5) is 0 Å². The van der Waals surface area contributed by atoms with Crippen LogP contribution in [0, 0.1) is 0 Å². The second kappa shape index (κ2) is 5.67. The molecule has 0 aliphatic heterocycles. The summed E-state index contributed by atoms with van der Waals surface area (Å²) in [7, 11) is 0. The van der Waals surface area contributed by atoms with Crippen LogP contribution in [-0.4, -0.2) is 33.1 Å². The number of aliphatic hydroxyl groups is 2. The first-order valence-electron chi connectivity index (χ1n) is 4.47. The third kappa shape index (κ3) is 2.98. The summed E-state index contributed by atoms with van der Waals surface area (Å²) in [6.07, 6.45) is -2.35. The molecule has 0 aliphatic rings. The van der Waals surface area contributed by atoms with Gasteiger partial charge in [0, 0.05) is 10.2 Å². The fraction of sp³-hybridized carbons (Fsp3) is 0.300. The molecular formula is C10H11BrO4S. The van der Waals surface area contributed by atoms with E-state index in [9.17, 15) is 15.0 Å². The standard InChI is InChI=1S/C10H11BrO4S/c11-5-1-2-6(7(3-5)10(14)15)9(13)8(12)4-16/h1-3,8-9,12-13,16H,4H2,(H,14,15). The predicted molar refractivity (Wildman–Crippen MR) is 65.9 cm³/mol. The Morgan fingerprint density at radius 2 is 2.06 bits per heavy atom. The average Bonchev–Trinajstić information content (AvgIpc) is 2.26. The topological polar surface area (TPSA) is 77.8 Å². The second-order valence-electron chi connectivity index (χ2n) is 3.23. The molecule has 0 saturated heterocycles. The van der Waals surface area contributed by atoms with Gasteiger partial charge in [0.05, 0.1) is 11.7 Å². The summed E-state index contributed by atoms with van der Waals surface area (Å²) < 4.78 is 0.598. The van der Waals surface area contributed by atoms with Crippen LogP contribution in [0.5, 0.6) is 0 Å². The highest BCUT2D eigenvalue weighted by Gasteiger charge is 2.22.